The van der Waals surface area contributed by atoms with Crippen molar-refractivity contribution in [1.82, 2.24) is 20.0 Å². The number of hydrogen-bond donors (Lipinski definition) is 1. The zero-order valence-electron chi connectivity index (χ0n) is 10.8. The molecule has 2 aliphatic heterocycles. The van der Waals surface area contributed by atoms with Gasteiger partial charge >= 0.3 is 0 Å². The van der Waals surface area contributed by atoms with Gasteiger partial charge in [0, 0.05) is 25.4 Å². The fraction of sp³-hybridized carbons (Fsp3) is 0.889. The standard InChI is InChI=1S/C9H17ClN6O2S/c1-13-5-14(2)9(12-16(17)18)15(6-13)4-7-3-11-8(10)19-7/h7-8,11H,3-6H2,1-2H3/b12-9+. The summed E-state index contributed by atoms with van der Waals surface area (Å²) in [5, 5.41) is 16.9. The van der Waals surface area contributed by atoms with Crippen LogP contribution in [0.4, 0.5) is 0 Å². The van der Waals surface area contributed by atoms with Gasteiger partial charge in [-0.1, -0.05) is 11.6 Å². The Morgan fingerprint density at radius 1 is 1.58 bits per heavy atom. The highest BCUT2D eigenvalue weighted by Crippen LogP contribution is 2.26. The Morgan fingerprint density at radius 3 is 2.89 bits per heavy atom. The van der Waals surface area contributed by atoms with Crippen LogP contribution in [-0.4, -0.2) is 76.3 Å². The molecule has 2 heterocycles. The van der Waals surface area contributed by atoms with Crippen molar-refractivity contribution in [2.24, 2.45) is 5.10 Å². The van der Waals surface area contributed by atoms with Gasteiger partial charge in [-0.05, 0) is 7.05 Å². The van der Waals surface area contributed by atoms with E-state index in [-0.39, 0.29) is 4.83 Å². The van der Waals surface area contributed by atoms with Gasteiger partial charge in [-0.25, -0.2) is 10.1 Å². The highest BCUT2D eigenvalue weighted by atomic mass is 35.5. The second-order valence-electron chi connectivity index (χ2n) is 4.68. The van der Waals surface area contributed by atoms with E-state index >= 15 is 0 Å². The molecule has 0 saturated carbocycles. The first-order chi connectivity index (χ1) is 8.95. The van der Waals surface area contributed by atoms with Crippen molar-refractivity contribution in [3.05, 3.63) is 10.1 Å². The number of thioether (sulfide) groups is 1. The van der Waals surface area contributed by atoms with E-state index < -0.39 is 5.03 Å². The lowest BCUT2D eigenvalue weighted by Crippen LogP contribution is -2.57. The highest BCUT2D eigenvalue weighted by Gasteiger charge is 2.32. The summed E-state index contributed by atoms with van der Waals surface area (Å²) in [5.74, 6) is 0.404. The third kappa shape index (κ3) is 3.85. The van der Waals surface area contributed by atoms with E-state index in [2.05, 4.69) is 15.3 Å². The molecule has 10 heteroatoms. The monoisotopic (exact) mass is 308 g/mol. The molecule has 0 amide bonds. The highest BCUT2D eigenvalue weighted by molar-refractivity contribution is 8.01. The summed E-state index contributed by atoms with van der Waals surface area (Å²) in [5.41, 5.74) is 0. The molecule has 108 valence electrons. The maximum absolute atomic E-state index is 10.6. The maximum Gasteiger partial charge on any atom is 0.275 e. The molecular weight excluding hydrogens is 292 g/mol. The quantitative estimate of drug-likeness (QED) is 0.336. The molecule has 2 unspecified atom stereocenters. The summed E-state index contributed by atoms with van der Waals surface area (Å²) in [6, 6.07) is 0. The Labute approximate surface area is 120 Å². The summed E-state index contributed by atoms with van der Waals surface area (Å²) in [6.07, 6.45) is 0. The van der Waals surface area contributed by atoms with E-state index in [0.717, 1.165) is 6.54 Å². The Balaban J connectivity index is 2.07. The van der Waals surface area contributed by atoms with E-state index in [1.165, 1.54) is 0 Å². The topological polar surface area (TPSA) is 77.2 Å². The molecule has 19 heavy (non-hydrogen) atoms. The molecule has 0 aromatic carbocycles. The first-order valence-electron chi connectivity index (χ1n) is 5.86. The molecule has 2 atom stereocenters. The third-order valence-electron chi connectivity index (χ3n) is 2.90. The number of hydrogen-bond acceptors (Lipinski definition) is 5. The van der Waals surface area contributed by atoms with Crippen LogP contribution in [-0.2, 0) is 0 Å². The van der Waals surface area contributed by atoms with Crippen molar-refractivity contribution in [2.75, 3.05) is 40.5 Å². The van der Waals surface area contributed by atoms with Gasteiger partial charge in [-0.15, -0.1) is 11.8 Å². The lowest BCUT2D eigenvalue weighted by molar-refractivity contribution is -0.486. The number of nitro groups is 1. The van der Waals surface area contributed by atoms with Gasteiger partial charge in [0.1, 0.15) is 9.93 Å². The minimum absolute atomic E-state index is 0.0823. The van der Waals surface area contributed by atoms with Crippen LogP contribution < -0.4 is 5.32 Å². The predicted molar refractivity (Wildman–Crippen MR) is 75.4 cm³/mol. The molecule has 2 saturated heterocycles. The first kappa shape index (κ1) is 14.6. The molecule has 0 aromatic heterocycles. The lowest BCUT2D eigenvalue weighted by atomic mass is 10.3. The second-order valence-corrected chi connectivity index (χ2v) is 6.78. The van der Waals surface area contributed by atoms with E-state index in [1.807, 2.05) is 11.9 Å². The van der Waals surface area contributed by atoms with Gasteiger partial charge < -0.3 is 9.80 Å². The molecule has 0 bridgehead atoms. The number of alkyl halides is 1. The van der Waals surface area contributed by atoms with Crippen LogP contribution in [0.15, 0.2) is 5.10 Å². The van der Waals surface area contributed by atoms with Crippen molar-refractivity contribution in [3.63, 3.8) is 0 Å². The van der Waals surface area contributed by atoms with Crippen molar-refractivity contribution in [3.8, 4) is 0 Å². The maximum atomic E-state index is 10.6. The number of guanidine groups is 1. The fourth-order valence-electron chi connectivity index (χ4n) is 2.26. The van der Waals surface area contributed by atoms with E-state index in [1.54, 1.807) is 23.7 Å². The zero-order chi connectivity index (χ0) is 14.0. The molecule has 0 radical (unpaired) electrons. The molecular formula is C9H17ClN6O2S. The van der Waals surface area contributed by atoms with Crippen LogP contribution in [0.3, 0.4) is 0 Å². The first-order valence-corrected chi connectivity index (χ1v) is 7.24. The van der Waals surface area contributed by atoms with Gasteiger partial charge in [-0.3, -0.25) is 10.2 Å². The normalized spacial score (nSPS) is 31.2. The molecule has 2 fully saturated rings. The molecule has 0 aliphatic carbocycles. The van der Waals surface area contributed by atoms with Crippen LogP contribution in [0.1, 0.15) is 0 Å². The van der Waals surface area contributed by atoms with E-state index in [9.17, 15) is 10.1 Å². The van der Waals surface area contributed by atoms with Crippen molar-refractivity contribution in [1.29, 1.82) is 0 Å². The lowest BCUT2D eigenvalue weighted by Gasteiger charge is -2.40. The molecule has 0 aromatic rings. The molecule has 1 N–H and O–H groups in total. The second kappa shape index (κ2) is 6.12. The third-order valence-corrected chi connectivity index (χ3v) is 4.47. The smallest absolute Gasteiger partial charge is 0.275 e. The minimum atomic E-state index is -0.644. The fourth-order valence-corrected chi connectivity index (χ4v) is 3.78. The minimum Gasteiger partial charge on any atom is -0.328 e. The average molecular weight is 309 g/mol. The number of halogens is 1. The molecule has 0 spiro atoms. The van der Waals surface area contributed by atoms with Crippen LogP contribution in [0.5, 0.6) is 0 Å². The summed E-state index contributed by atoms with van der Waals surface area (Å²) < 4.78 is 0. The van der Waals surface area contributed by atoms with Gasteiger partial charge in [0.05, 0.1) is 13.3 Å². The Bertz CT molecular complexity index is 384. The van der Waals surface area contributed by atoms with Crippen LogP contribution in [0.25, 0.3) is 0 Å². The number of nitrogens with one attached hydrogen (secondary N) is 1. The Kier molecular flexibility index (Phi) is 4.71. The summed E-state index contributed by atoms with van der Waals surface area (Å²) in [7, 11) is 3.77. The number of rotatable bonds is 3. The molecule has 8 nitrogen and oxygen atoms in total. The Morgan fingerprint density at radius 2 is 2.32 bits per heavy atom. The molecule has 2 aliphatic rings. The zero-order valence-corrected chi connectivity index (χ0v) is 12.4. The number of hydrazone groups is 1. The summed E-state index contributed by atoms with van der Waals surface area (Å²) in [6.45, 7) is 2.73. The average Bonchev–Trinajstić information content (AvgIpc) is 2.69. The van der Waals surface area contributed by atoms with Crippen molar-refractivity contribution >= 4 is 29.3 Å². The summed E-state index contributed by atoms with van der Waals surface area (Å²) in [4.78, 5) is 16.3. The van der Waals surface area contributed by atoms with Crippen LogP contribution >= 0.6 is 23.4 Å². The SMILES string of the molecule is CN1CN(C)/C(=N\[N+](=O)[O-])N(CC2CNC(Cl)S2)C1. The largest absolute Gasteiger partial charge is 0.328 e. The van der Waals surface area contributed by atoms with Crippen molar-refractivity contribution < 1.29 is 5.03 Å². The Hall–Kier alpha value is -0.770. The van der Waals surface area contributed by atoms with Crippen LogP contribution in [0, 0.1) is 10.1 Å². The van der Waals surface area contributed by atoms with Gasteiger partial charge in [-0.2, -0.15) is 0 Å². The van der Waals surface area contributed by atoms with Gasteiger partial charge in [0.2, 0.25) is 0 Å². The van der Waals surface area contributed by atoms with Gasteiger partial charge in [0.25, 0.3) is 5.96 Å². The van der Waals surface area contributed by atoms with E-state index in [0.29, 0.717) is 31.1 Å². The summed E-state index contributed by atoms with van der Waals surface area (Å²) >= 11 is 7.61. The van der Waals surface area contributed by atoms with Crippen molar-refractivity contribution in [2.45, 2.75) is 10.1 Å². The predicted octanol–water partition coefficient (Wildman–Crippen LogP) is -0.144. The van der Waals surface area contributed by atoms with Gasteiger partial charge in [0.15, 0.2) is 5.03 Å². The van der Waals surface area contributed by atoms with Crippen LogP contribution in [0.2, 0.25) is 0 Å². The number of nitrogens with zero attached hydrogens (tertiary/aromatic N) is 5. The van der Waals surface area contributed by atoms with E-state index in [4.69, 9.17) is 11.6 Å². The molecule has 2 rings (SSSR count).